The van der Waals surface area contributed by atoms with Crippen molar-refractivity contribution in [3.8, 4) is 50.2 Å². The number of hydrogen-bond donors (Lipinski definition) is 0. The van der Waals surface area contributed by atoms with Gasteiger partial charge in [0.15, 0.2) is 0 Å². The van der Waals surface area contributed by atoms with Gasteiger partial charge in [-0.3, -0.25) is 0 Å². The van der Waals surface area contributed by atoms with Crippen LogP contribution in [0.1, 0.15) is 0 Å². The molecule has 0 saturated heterocycles. The summed E-state index contributed by atoms with van der Waals surface area (Å²) < 4.78 is 8.89. The van der Waals surface area contributed by atoms with E-state index in [1.807, 2.05) is 12.1 Å². The Kier molecular flexibility index (Phi) is 8.83. The van der Waals surface area contributed by atoms with Gasteiger partial charge in [0.2, 0.25) is 0 Å². The number of nitrogens with zero attached hydrogens (tertiary/aromatic N) is 2. The SMILES string of the molecule is c1ccc(-c2ccccc2-c2cccc(N(c3ccc(-c4cccc5c4oc4ccccc45)cc3)c3cccc(-c4ccccc4-n4c5ccccc5c5ccccc54)c3)c2)cc1. The fourth-order valence-corrected chi connectivity index (χ4v) is 9.54. The third-order valence-corrected chi connectivity index (χ3v) is 12.4. The van der Waals surface area contributed by atoms with Crippen molar-refractivity contribution < 1.29 is 4.42 Å². The molecule has 2 aromatic heterocycles. The van der Waals surface area contributed by atoms with Crippen LogP contribution in [0.3, 0.4) is 0 Å². The van der Waals surface area contributed by atoms with E-state index in [1.54, 1.807) is 0 Å². The van der Waals surface area contributed by atoms with Crippen LogP contribution in [-0.2, 0) is 0 Å². The largest absolute Gasteiger partial charge is 0.455 e. The van der Waals surface area contributed by atoms with Crippen LogP contribution in [0.2, 0.25) is 0 Å². The summed E-state index contributed by atoms with van der Waals surface area (Å²) in [6.07, 6.45) is 0. The molecule has 2 heterocycles. The van der Waals surface area contributed by atoms with Gasteiger partial charge in [-0.2, -0.15) is 0 Å². The standard InChI is InChI=1S/C60H40N2O/c1-2-17-41(18-3-1)48-23-4-5-24-49(48)43-19-14-21-46(39-43)61(45-37-35-42(36-38-45)51-29-16-30-55-54-28-9-13-34-59(54)63-60(51)55)47-22-15-20-44(40-47)50-25-6-10-31-56(50)62-57-32-11-7-26-52(57)53-27-8-12-33-58(53)62/h1-40H. The molecule has 0 bridgehead atoms. The van der Waals surface area contributed by atoms with Gasteiger partial charge >= 0.3 is 0 Å². The van der Waals surface area contributed by atoms with Crippen LogP contribution < -0.4 is 4.90 Å². The van der Waals surface area contributed by atoms with Gasteiger partial charge < -0.3 is 13.9 Å². The molecule has 0 aliphatic rings. The molecule has 63 heavy (non-hydrogen) atoms. The Hall–Kier alpha value is -8.40. The molecule has 0 amide bonds. The van der Waals surface area contributed by atoms with E-state index in [4.69, 9.17) is 4.42 Å². The summed E-state index contributed by atoms with van der Waals surface area (Å²) in [4.78, 5) is 2.38. The van der Waals surface area contributed by atoms with Gasteiger partial charge in [-0.15, -0.1) is 0 Å². The molecule has 0 unspecified atom stereocenters. The second kappa shape index (κ2) is 15.3. The molecule has 3 nitrogen and oxygen atoms in total. The van der Waals surface area contributed by atoms with Crippen LogP contribution in [-0.4, -0.2) is 4.57 Å². The van der Waals surface area contributed by atoms with Crippen molar-refractivity contribution in [3.05, 3.63) is 243 Å². The molecule has 0 N–H and O–H groups in total. The molecular formula is C60H40N2O. The highest BCUT2D eigenvalue weighted by Gasteiger charge is 2.20. The zero-order valence-corrected chi connectivity index (χ0v) is 34.4. The second-order valence-corrected chi connectivity index (χ2v) is 16.1. The predicted octanol–water partition coefficient (Wildman–Crippen LogP) is 16.8. The lowest BCUT2D eigenvalue weighted by Gasteiger charge is -2.27. The zero-order valence-electron chi connectivity index (χ0n) is 34.4. The summed E-state index contributed by atoms with van der Waals surface area (Å²) in [6.45, 7) is 0. The number of para-hydroxylation sites is 5. The van der Waals surface area contributed by atoms with Crippen molar-refractivity contribution in [2.24, 2.45) is 0 Å². The molecule has 0 spiro atoms. The molecule has 0 saturated carbocycles. The molecule has 0 aliphatic heterocycles. The molecule has 0 atom stereocenters. The first-order valence-corrected chi connectivity index (χ1v) is 21.5. The Morgan fingerprint density at radius 1 is 0.302 bits per heavy atom. The van der Waals surface area contributed by atoms with Crippen LogP contribution in [0.4, 0.5) is 17.1 Å². The summed E-state index contributed by atoms with van der Waals surface area (Å²) >= 11 is 0. The van der Waals surface area contributed by atoms with Crippen molar-refractivity contribution in [1.82, 2.24) is 4.57 Å². The lowest BCUT2D eigenvalue weighted by atomic mass is 9.94. The molecule has 0 aliphatic carbocycles. The Labute approximate surface area is 366 Å². The summed E-state index contributed by atoms with van der Waals surface area (Å²) in [5.74, 6) is 0. The average molecular weight is 805 g/mol. The lowest BCUT2D eigenvalue weighted by Crippen LogP contribution is -2.10. The summed E-state index contributed by atoms with van der Waals surface area (Å²) in [5, 5.41) is 4.75. The summed E-state index contributed by atoms with van der Waals surface area (Å²) in [6, 6.07) is 87.1. The molecule has 0 radical (unpaired) electrons. The van der Waals surface area contributed by atoms with Crippen LogP contribution >= 0.6 is 0 Å². The smallest absolute Gasteiger partial charge is 0.143 e. The Morgan fingerprint density at radius 3 is 1.48 bits per heavy atom. The van der Waals surface area contributed by atoms with E-state index in [0.29, 0.717) is 0 Å². The minimum atomic E-state index is 0.899. The fourth-order valence-electron chi connectivity index (χ4n) is 9.54. The fraction of sp³-hybridized carbons (Fsp3) is 0. The number of aromatic nitrogens is 1. The Balaban J connectivity index is 1.02. The zero-order chi connectivity index (χ0) is 41.7. The monoisotopic (exact) mass is 804 g/mol. The predicted molar refractivity (Wildman–Crippen MR) is 264 cm³/mol. The number of furan rings is 1. The number of benzene rings is 10. The molecule has 12 aromatic rings. The number of hydrogen-bond acceptors (Lipinski definition) is 2. The average Bonchev–Trinajstić information content (AvgIpc) is 3.91. The van der Waals surface area contributed by atoms with E-state index >= 15 is 0 Å². The van der Waals surface area contributed by atoms with E-state index in [1.165, 1.54) is 38.5 Å². The van der Waals surface area contributed by atoms with Crippen LogP contribution in [0, 0.1) is 0 Å². The summed E-state index contributed by atoms with van der Waals surface area (Å²) in [5.41, 5.74) is 17.7. The van der Waals surface area contributed by atoms with E-state index in [-0.39, 0.29) is 0 Å². The molecule has 296 valence electrons. The molecule has 10 aromatic carbocycles. The molecule has 12 rings (SSSR count). The van der Waals surface area contributed by atoms with Gasteiger partial charge in [-0.05, 0) is 94.0 Å². The number of anilines is 3. The lowest BCUT2D eigenvalue weighted by molar-refractivity contribution is 0.670. The number of rotatable bonds is 8. The van der Waals surface area contributed by atoms with Crippen molar-refractivity contribution in [2.45, 2.75) is 0 Å². The van der Waals surface area contributed by atoms with Crippen molar-refractivity contribution in [2.75, 3.05) is 4.90 Å². The van der Waals surface area contributed by atoms with Gasteiger partial charge in [0.05, 0.1) is 16.7 Å². The van der Waals surface area contributed by atoms with E-state index in [2.05, 4.69) is 240 Å². The quantitative estimate of drug-likeness (QED) is 0.153. The normalized spacial score (nSPS) is 11.5. The van der Waals surface area contributed by atoms with Crippen LogP contribution in [0.15, 0.2) is 247 Å². The van der Waals surface area contributed by atoms with Gasteiger partial charge in [-0.25, -0.2) is 0 Å². The minimum Gasteiger partial charge on any atom is -0.455 e. The third-order valence-electron chi connectivity index (χ3n) is 12.4. The van der Waals surface area contributed by atoms with E-state index in [0.717, 1.165) is 72.5 Å². The van der Waals surface area contributed by atoms with E-state index in [9.17, 15) is 0 Å². The molecule has 3 heteroatoms. The molecule has 0 fully saturated rings. The number of fused-ring (bicyclic) bond motifs is 6. The minimum absolute atomic E-state index is 0.899. The van der Waals surface area contributed by atoms with E-state index < -0.39 is 0 Å². The third kappa shape index (κ3) is 6.29. The Bertz CT molecular complexity index is 3580. The van der Waals surface area contributed by atoms with Crippen molar-refractivity contribution in [3.63, 3.8) is 0 Å². The second-order valence-electron chi connectivity index (χ2n) is 16.1. The first-order valence-electron chi connectivity index (χ1n) is 21.5. The maximum Gasteiger partial charge on any atom is 0.143 e. The molecular weight excluding hydrogens is 765 g/mol. The van der Waals surface area contributed by atoms with Crippen LogP contribution in [0.25, 0.3) is 93.9 Å². The Morgan fingerprint density at radius 2 is 0.778 bits per heavy atom. The first-order chi connectivity index (χ1) is 31.3. The highest BCUT2D eigenvalue weighted by Crippen LogP contribution is 2.43. The van der Waals surface area contributed by atoms with Crippen molar-refractivity contribution >= 4 is 60.8 Å². The van der Waals surface area contributed by atoms with Crippen LogP contribution in [0.5, 0.6) is 0 Å². The first kappa shape index (κ1) is 36.5. The van der Waals surface area contributed by atoms with Crippen molar-refractivity contribution in [1.29, 1.82) is 0 Å². The van der Waals surface area contributed by atoms with Gasteiger partial charge in [0, 0.05) is 49.7 Å². The highest BCUT2D eigenvalue weighted by molar-refractivity contribution is 6.11. The summed E-state index contributed by atoms with van der Waals surface area (Å²) in [7, 11) is 0. The maximum atomic E-state index is 6.48. The van der Waals surface area contributed by atoms with Gasteiger partial charge in [0.1, 0.15) is 11.2 Å². The van der Waals surface area contributed by atoms with Gasteiger partial charge in [0.25, 0.3) is 0 Å². The highest BCUT2D eigenvalue weighted by atomic mass is 16.3. The van der Waals surface area contributed by atoms with Gasteiger partial charge in [-0.1, -0.05) is 182 Å². The maximum absolute atomic E-state index is 6.48. The topological polar surface area (TPSA) is 21.3 Å².